The summed E-state index contributed by atoms with van der Waals surface area (Å²) in [7, 11) is 0. The topological polar surface area (TPSA) is 50.2 Å². The second kappa shape index (κ2) is 5.94. The molecule has 4 heteroatoms. The minimum atomic E-state index is 0.704. The molecule has 0 amide bonds. The first-order valence-corrected chi connectivity index (χ1v) is 5.89. The van der Waals surface area contributed by atoms with Crippen molar-refractivity contribution in [3.63, 3.8) is 0 Å². The van der Waals surface area contributed by atoms with Gasteiger partial charge < -0.3 is 0 Å². The highest BCUT2D eigenvalue weighted by atomic mass is 15.3. The van der Waals surface area contributed by atoms with Crippen LogP contribution in [0.5, 0.6) is 0 Å². The highest BCUT2D eigenvalue weighted by molar-refractivity contribution is 5.90. The van der Waals surface area contributed by atoms with Gasteiger partial charge in [0, 0.05) is 17.0 Å². The number of aromatic nitrogens is 2. The molecule has 1 heterocycles. The van der Waals surface area contributed by atoms with Gasteiger partial charge >= 0.3 is 0 Å². The normalized spacial score (nSPS) is 11.1. The average molecular weight is 228 g/mol. The Morgan fingerprint density at radius 3 is 3.12 bits per heavy atom. The summed E-state index contributed by atoms with van der Waals surface area (Å²) in [6.07, 6.45) is 6.96. The molecule has 0 spiro atoms. The summed E-state index contributed by atoms with van der Waals surface area (Å²) >= 11 is 0. The Labute approximate surface area is 101 Å². The fourth-order valence-electron chi connectivity index (χ4n) is 1.58. The number of hydrazone groups is 1. The Kier molecular flexibility index (Phi) is 4.02. The van der Waals surface area contributed by atoms with Gasteiger partial charge in [-0.1, -0.05) is 37.6 Å². The van der Waals surface area contributed by atoms with Crippen molar-refractivity contribution < 1.29 is 0 Å². The van der Waals surface area contributed by atoms with Crippen molar-refractivity contribution in [2.24, 2.45) is 5.10 Å². The molecule has 2 rings (SSSR count). The maximum Gasteiger partial charge on any atom is 0.176 e. The van der Waals surface area contributed by atoms with E-state index in [1.54, 1.807) is 6.20 Å². The quantitative estimate of drug-likeness (QED) is 0.485. The van der Waals surface area contributed by atoms with E-state index in [2.05, 4.69) is 27.6 Å². The zero-order valence-corrected chi connectivity index (χ0v) is 9.93. The number of nitrogens with zero attached hydrogens (tertiary/aromatic N) is 3. The van der Waals surface area contributed by atoms with Crippen molar-refractivity contribution in [1.29, 1.82) is 0 Å². The maximum absolute atomic E-state index is 4.15. The van der Waals surface area contributed by atoms with Crippen molar-refractivity contribution >= 4 is 22.8 Å². The zero-order chi connectivity index (χ0) is 11.9. The van der Waals surface area contributed by atoms with Crippen LogP contribution in [0.4, 0.5) is 5.82 Å². The SMILES string of the molecule is CCCC/C=N/Nc1nncc2ccccc12. The molecule has 17 heavy (non-hydrogen) atoms. The molecule has 0 saturated heterocycles. The van der Waals surface area contributed by atoms with Crippen molar-refractivity contribution in [2.75, 3.05) is 5.43 Å². The van der Waals surface area contributed by atoms with E-state index < -0.39 is 0 Å². The van der Waals surface area contributed by atoms with Crippen LogP contribution in [0, 0.1) is 0 Å². The molecule has 1 aromatic carbocycles. The van der Waals surface area contributed by atoms with Crippen LogP contribution in [0.15, 0.2) is 35.6 Å². The third kappa shape index (κ3) is 3.00. The van der Waals surface area contributed by atoms with Gasteiger partial charge in [0.1, 0.15) is 0 Å². The largest absolute Gasteiger partial charge is 0.260 e. The Bertz CT molecular complexity index is 502. The lowest BCUT2D eigenvalue weighted by Crippen LogP contribution is -1.95. The molecule has 0 unspecified atom stereocenters. The van der Waals surface area contributed by atoms with E-state index in [9.17, 15) is 0 Å². The van der Waals surface area contributed by atoms with Crippen molar-refractivity contribution in [1.82, 2.24) is 10.2 Å². The number of hydrogen-bond acceptors (Lipinski definition) is 4. The van der Waals surface area contributed by atoms with Gasteiger partial charge in [-0.2, -0.15) is 10.2 Å². The Hall–Kier alpha value is -1.97. The number of rotatable bonds is 5. The first-order valence-electron chi connectivity index (χ1n) is 5.89. The van der Waals surface area contributed by atoms with E-state index in [1.165, 1.54) is 6.42 Å². The minimum absolute atomic E-state index is 0.704. The minimum Gasteiger partial charge on any atom is -0.260 e. The molecule has 0 fully saturated rings. The van der Waals surface area contributed by atoms with Crippen LogP contribution >= 0.6 is 0 Å². The summed E-state index contributed by atoms with van der Waals surface area (Å²) in [4.78, 5) is 0. The van der Waals surface area contributed by atoms with Crippen LogP contribution in [-0.2, 0) is 0 Å². The Morgan fingerprint density at radius 2 is 2.24 bits per heavy atom. The van der Waals surface area contributed by atoms with Crippen LogP contribution in [-0.4, -0.2) is 16.4 Å². The third-order valence-electron chi connectivity index (χ3n) is 2.52. The number of nitrogens with one attached hydrogen (secondary N) is 1. The number of hydrogen-bond donors (Lipinski definition) is 1. The molecule has 0 aliphatic heterocycles. The van der Waals surface area contributed by atoms with Gasteiger partial charge in [-0.25, -0.2) is 0 Å². The molecule has 2 aromatic rings. The number of fused-ring (bicyclic) bond motifs is 1. The summed E-state index contributed by atoms with van der Waals surface area (Å²) in [5.74, 6) is 0.704. The van der Waals surface area contributed by atoms with Gasteiger partial charge in [-0.15, -0.1) is 5.10 Å². The molecule has 0 radical (unpaired) electrons. The standard InChI is InChI=1S/C13H16N4/c1-2-3-6-9-14-16-13-12-8-5-4-7-11(12)10-15-17-13/h4-5,7-10H,2-3,6H2,1H3,(H,16,17)/b14-9+. The van der Waals surface area contributed by atoms with Crippen LogP contribution in [0.2, 0.25) is 0 Å². The number of anilines is 1. The van der Waals surface area contributed by atoms with Gasteiger partial charge in [-0.05, 0) is 12.8 Å². The predicted octanol–water partition coefficient (Wildman–Crippen LogP) is 3.22. The molecule has 0 bridgehead atoms. The summed E-state index contributed by atoms with van der Waals surface area (Å²) in [6, 6.07) is 7.98. The lowest BCUT2D eigenvalue weighted by Gasteiger charge is -2.02. The monoisotopic (exact) mass is 228 g/mol. The molecule has 1 aromatic heterocycles. The van der Waals surface area contributed by atoms with Crippen LogP contribution < -0.4 is 5.43 Å². The number of unbranched alkanes of at least 4 members (excludes halogenated alkanes) is 2. The maximum atomic E-state index is 4.15. The van der Waals surface area contributed by atoms with E-state index >= 15 is 0 Å². The molecule has 0 aliphatic carbocycles. The first-order chi connectivity index (χ1) is 8.42. The lowest BCUT2D eigenvalue weighted by molar-refractivity contribution is 0.841. The van der Waals surface area contributed by atoms with Crippen LogP contribution in [0.3, 0.4) is 0 Å². The molecule has 0 aliphatic rings. The predicted molar refractivity (Wildman–Crippen MR) is 71.2 cm³/mol. The van der Waals surface area contributed by atoms with Gasteiger partial charge in [0.05, 0.1) is 6.20 Å². The molecule has 4 nitrogen and oxygen atoms in total. The van der Waals surface area contributed by atoms with E-state index in [-0.39, 0.29) is 0 Å². The molecular formula is C13H16N4. The highest BCUT2D eigenvalue weighted by Gasteiger charge is 2.00. The summed E-state index contributed by atoms with van der Waals surface area (Å²) < 4.78 is 0. The van der Waals surface area contributed by atoms with Gasteiger partial charge in [0.25, 0.3) is 0 Å². The van der Waals surface area contributed by atoms with Crippen LogP contribution in [0.25, 0.3) is 10.8 Å². The fourth-order valence-corrected chi connectivity index (χ4v) is 1.58. The van der Waals surface area contributed by atoms with Gasteiger partial charge in [0.15, 0.2) is 5.82 Å². The second-order valence-electron chi connectivity index (χ2n) is 3.85. The second-order valence-corrected chi connectivity index (χ2v) is 3.85. The molecule has 0 atom stereocenters. The molecule has 88 valence electrons. The van der Waals surface area contributed by atoms with Crippen molar-refractivity contribution in [3.8, 4) is 0 Å². The highest BCUT2D eigenvalue weighted by Crippen LogP contribution is 2.18. The van der Waals surface area contributed by atoms with E-state index in [4.69, 9.17) is 0 Å². The average Bonchev–Trinajstić information content (AvgIpc) is 2.39. The molecular weight excluding hydrogens is 212 g/mol. The Balaban J connectivity index is 2.10. The van der Waals surface area contributed by atoms with E-state index in [0.717, 1.165) is 23.6 Å². The summed E-state index contributed by atoms with van der Waals surface area (Å²) in [5, 5.41) is 14.2. The first kappa shape index (κ1) is 11.5. The lowest BCUT2D eigenvalue weighted by atomic mass is 10.2. The van der Waals surface area contributed by atoms with Crippen molar-refractivity contribution in [3.05, 3.63) is 30.5 Å². The van der Waals surface area contributed by atoms with Gasteiger partial charge in [0.2, 0.25) is 0 Å². The fraction of sp³-hybridized carbons (Fsp3) is 0.308. The Morgan fingerprint density at radius 1 is 1.35 bits per heavy atom. The zero-order valence-electron chi connectivity index (χ0n) is 9.93. The van der Waals surface area contributed by atoms with Gasteiger partial charge in [-0.3, -0.25) is 5.43 Å². The van der Waals surface area contributed by atoms with E-state index in [0.29, 0.717) is 5.82 Å². The number of benzene rings is 1. The smallest absolute Gasteiger partial charge is 0.176 e. The van der Waals surface area contributed by atoms with Crippen LogP contribution in [0.1, 0.15) is 26.2 Å². The molecule has 0 saturated carbocycles. The summed E-state index contributed by atoms with van der Waals surface area (Å²) in [6.45, 7) is 2.16. The third-order valence-corrected chi connectivity index (χ3v) is 2.52. The van der Waals surface area contributed by atoms with Crippen molar-refractivity contribution in [2.45, 2.75) is 26.2 Å². The summed E-state index contributed by atoms with van der Waals surface area (Å²) in [5.41, 5.74) is 2.94. The molecule has 1 N–H and O–H groups in total. The van der Waals surface area contributed by atoms with E-state index in [1.807, 2.05) is 30.5 Å².